The summed E-state index contributed by atoms with van der Waals surface area (Å²) in [4.78, 5) is 7.67. The van der Waals surface area contributed by atoms with Crippen molar-refractivity contribution in [2.75, 3.05) is 19.7 Å². The van der Waals surface area contributed by atoms with Gasteiger partial charge in [0.15, 0.2) is 0 Å². The highest BCUT2D eigenvalue weighted by atomic mass is 16.5. The zero-order chi connectivity index (χ0) is 20.1. The molecule has 2 heterocycles. The SMILES string of the molecule is Cc1ccccc1OCCCn1c(C(C)N2CCCCCC2)nc2ccccc21. The molecule has 1 saturated heterocycles. The van der Waals surface area contributed by atoms with Crippen molar-refractivity contribution < 1.29 is 4.74 Å². The Morgan fingerprint density at radius 1 is 0.966 bits per heavy atom. The first-order valence-corrected chi connectivity index (χ1v) is 11.1. The number of ether oxygens (including phenoxy) is 1. The molecule has 1 unspecified atom stereocenters. The van der Waals surface area contributed by atoms with Crippen LogP contribution in [0.3, 0.4) is 0 Å². The number of likely N-dealkylation sites (tertiary alicyclic amines) is 1. The lowest BCUT2D eigenvalue weighted by atomic mass is 10.2. The Bertz CT molecular complexity index is 925. The average Bonchev–Trinajstić information content (AvgIpc) is 2.90. The van der Waals surface area contributed by atoms with Crippen LogP contribution in [0.4, 0.5) is 0 Å². The van der Waals surface area contributed by atoms with Gasteiger partial charge in [0.1, 0.15) is 11.6 Å². The van der Waals surface area contributed by atoms with Crippen LogP contribution in [0.1, 0.15) is 56.5 Å². The van der Waals surface area contributed by atoms with Gasteiger partial charge < -0.3 is 9.30 Å². The molecule has 1 aliphatic heterocycles. The van der Waals surface area contributed by atoms with Gasteiger partial charge in [0.05, 0.1) is 23.7 Å². The molecule has 0 radical (unpaired) electrons. The fourth-order valence-electron chi connectivity index (χ4n) is 4.42. The van der Waals surface area contributed by atoms with E-state index in [1.54, 1.807) is 0 Å². The summed E-state index contributed by atoms with van der Waals surface area (Å²) >= 11 is 0. The van der Waals surface area contributed by atoms with Gasteiger partial charge in [-0.15, -0.1) is 0 Å². The summed E-state index contributed by atoms with van der Waals surface area (Å²) in [7, 11) is 0. The number of hydrogen-bond donors (Lipinski definition) is 0. The maximum atomic E-state index is 6.04. The second-order valence-electron chi connectivity index (χ2n) is 8.20. The van der Waals surface area contributed by atoms with E-state index in [0.717, 1.165) is 30.8 Å². The summed E-state index contributed by atoms with van der Waals surface area (Å²) in [5, 5.41) is 0. The predicted octanol–water partition coefficient (Wildman–Crippen LogP) is 5.75. The lowest BCUT2D eigenvalue weighted by Crippen LogP contribution is -2.30. The number of fused-ring (bicyclic) bond motifs is 1. The molecule has 29 heavy (non-hydrogen) atoms. The zero-order valence-corrected chi connectivity index (χ0v) is 17.8. The second-order valence-corrected chi connectivity index (χ2v) is 8.20. The van der Waals surface area contributed by atoms with E-state index in [1.165, 1.54) is 55.7 Å². The topological polar surface area (TPSA) is 30.3 Å². The van der Waals surface area contributed by atoms with Crippen molar-refractivity contribution in [1.29, 1.82) is 0 Å². The Labute approximate surface area is 174 Å². The number of aryl methyl sites for hydroxylation is 2. The van der Waals surface area contributed by atoms with E-state index >= 15 is 0 Å². The van der Waals surface area contributed by atoms with Gasteiger partial charge in [-0.2, -0.15) is 0 Å². The maximum Gasteiger partial charge on any atom is 0.127 e. The Kier molecular flexibility index (Phi) is 6.50. The van der Waals surface area contributed by atoms with E-state index in [4.69, 9.17) is 9.72 Å². The number of rotatable bonds is 7. The zero-order valence-electron chi connectivity index (χ0n) is 17.8. The Morgan fingerprint density at radius 3 is 2.48 bits per heavy atom. The van der Waals surface area contributed by atoms with Crippen LogP contribution in [-0.4, -0.2) is 34.1 Å². The maximum absolute atomic E-state index is 6.04. The van der Waals surface area contributed by atoms with Gasteiger partial charge in [0.25, 0.3) is 0 Å². The third-order valence-electron chi connectivity index (χ3n) is 6.12. The van der Waals surface area contributed by atoms with E-state index in [0.29, 0.717) is 6.04 Å². The minimum absolute atomic E-state index is 0.345. The molecule has 0 N–H and O–H groups in total. The highest BCUT2D eigenvalue weighted by Gasteiger charge is 2.23. The van der Waals surface area contributed by atoms with Crippen LogP contribution in [-0.2, 0) is 6.54 Å². The number of hydrogen-bond acceptors (Lipinski definition) is 3. The lowest BCUT2D eigenvalue weighted by Gasteiger charge is -2.27. The second kappa shape index (κ2) is 9.45. The molecule has 1 atom stereocenters. The van der Waals surface area contributed by atoms with Gasteiger partial charge in [-0.25, -0.2) is 4.98 Å². The third kappa shape index (κ3) is 4.64. The van der Waals surface area contributed by atoms with E-state index in [2.05, 4.69) is 65.8 Å². The summed E-state index contributed by atoms with van der Waals surface area (Å²) in [6.45, 7) is 8.43. The first-order valence-electron chi connectivity index (χ1n) is 11.1. The molecular formula is C25H33N3O. The van der Waals surface area contributed by atoms with Gasteiger partial charge in [-0.3, -0.25) is 4.90 Å². The van der Waals surface area contributed by atoms with Crippen molar-refractivity contribution in [1.82, 2.24) is 14.5 Å². The highest BCUT2D eigenvalue weighted by molar-refractivity contribution is 5.76. The molecule has 4 nitrogen and oxygen atoms in total. The Balaban J connectivity index is 1.49. The minimum Gasteiger partial charge on any atom is -0.493 e. The van der Waals surface area contributed by atoms with Gasteiger partial charge >= 0.3 is 0 Å². The van der Waals surface area contributed by atoms with Crippen molar-refractivity contribution in [3.8, 4) is 5.75 Å². The van der Waals surface area contributed by atoms with Crippen LogP contribution in [0.2, 0.25) is 0 Å². The summed E-state index contributed by atoms with van der Waals surface area (Å²) in [5.74, 6) is 2.19. The number of nitrogens with zero attached hydrogens (tertiary/aromatic N) is 3. The average molecular weight is 392 g/mol. The summed E-state index contributed by atoms with van der Waals surface area (Å²) in [6, 6.07) is 17.1. The largest absolute Gasteiger partial charge is 0.493 e. The van der Waals surface area contributed by atoms with E-state index in [-0.39, 0.29) is 0 Å². The van der Waals surface area contributed by atoms with Crippen LogP contribution in [0, 0.1) is 6.92 Å². The van der Waals surface area contributed by atoms with E-state index < -0.39 is 0 Å². The summed E-state index contributed by atoms with van der Waals surface area (Å²) in [5.41, 5.74) is 3.53. The normalized spacial score (nSPS) is 16.6. The van der Waals surface area contributed by atoms with Gasteiger partial charge in [-0.05, 0) is 70.0 Å². The molecule has 4 rings (SSSR count). The molecule has 1 aliphatic rings. The smallest absolute Gasteiger partial charge is 0.127 e. The highest BCUT2D eigenvalue weighted by Crippen LogP contribution is 2.27. The van der Waals surface area contributed by atoms with Crippen LogP contribution < -0.4 is 4.74 Å². The van der Waals surface area contributed by atoms with Gasteiger partial charge in [0.2, 0.25) is 0 Å². The van der Waals surface area contributed by atoms with E-state index in [1.807, 2.05) is 6.07 Å². The van der Waals surface area contributed by atoms with Gasteiger partial charge in [0, 0.05) is 6.54 Å². The Morgan fingerprint density at radius 2 is 1.69 bits per heavy atom. The number of benzene rings is 2. The number of aromatic nitrogens is 2. The fourth-order valence-corrected chi connectivity index (χ4v) is 4.42. The lowest BCUT2D eigenvalue weighted by molar-refractivity contribution is 0.206. The number of para-hydroxylation sites is 3. The molecule has 2 aromatic carbocycles. The molecular weight excluding hydrogens is 358 g/mol. The fraction of sp³-hybridized carbons (Fsp3) is 0.480. The first kappa shape index (κ1) is 20.0. The predicted molar refractivity (Wildman–Crippen MR) is 119 cm³/mol. The molecule has 3 aromatic rings. The van der Waals surface area contributed by atoms with Crippen molar-refractivity contribution in [2.45, 2.75) is 58.5 Å². The van der Waals surface area contributed by atoms with Crippen molar-refractivity contribution in [3.63, 3.8) is 0 Å². The van der Waals surface area contributed by atoms with Crippen molar-refractivity contribution in [3.05, 3.63) is 59.9 Å². The van der Waals surface area contributed by atoms with Crippen molar-refractivity contribution in [2.24, 2.45) is 0 Å². The summed E-state index contributed by atoms with van der Waals surface area (Å²) < 4.78 is 8.46. The molecule has 154 valence electrons. The van der Waals surface area contributed by atoms with Crippen LogP contribution in [0.25, 0.3) is 11.0 Å². The van der Waals surface area contributed by atoms with Crippen LogP contribution in [0.15, 0.2) is 48.5 Å². The van der Waals surface area contributed by atoms with Crippen LogP contribution >= 0.6 is 0 Å². The first-order chi connectivity index (χ1) is 14.2. The monoisotopic (exact) mass is 391 g/mol. The molecule has 0 spiro atoms. The van der Waals surface area contributed by atoms with Crippen molar-refractivity contribution >= 4 is 11.0 Å². The molecule has 1 fully saturated rings. The summed E-state index contributed by atoms with van der Waals surface area (Å²) in [6.07, 6.45) is 6.28. The quantitative estimate of drug-likeness (QED) is 0.480. The molecule has 0 amide bonds. The molecule has 1 aromatic heterocycles. The number of imidazole rings is 1. The van der Waals surface area contributed by atoms with E-state index in [9.17, 15) is 0 Å². The molecule has 0 saturated carbocycles. The molecule has 4 heteroatoms. The standard InChI is InChI=1S/C25H33N3O/c1-20-12-5-8-15-24(20)29-19-11-18-28-23-14-7-6-13-22(23)26-25(28)21(2)27-16-9-3-4-10-17-27/h5-8,12-15,21H,3-4,9-11,16-19H2,1-2H3. The minimum atomic E-state index is 0.345. The van der Waals surface area contributed by atoms with Gasteiger partial charge in [-0.1, -0.05) is 43.2 Å². The van der Waals surface area contributed by atoms with Crippen LogP contribution in [0.5, 0.6) is 5.75 Å². The third-order valence-corrected chi connectivity index (χ3v) is 6.12. The Hall–Kier alpha value is -2.33. The molecule has 0 aliphatic carbocycles. The molecule has 0 bridgehead atoms.